The van der Waals surface area contributed by atoms with Gasteiger partial charge in [0.2, 0.25) is 0 Å². The van der Waals surface area contributed by atoms with Crippen LogP contribution in [0, 0.1) is 11.3 Å². The number of ether oxygens (including phenoxy) is 2. The van der Waals surface area contributed by atoms with E-state index in [1.807, 2.05) is 6.07 Å². The molecule has 0 spiro atoms. The van der Waals surface area contributed by atoms with Crippen LogP contribution in [0.5, 0.6) is 11.5 Å². The third-order valence-electron chi connectivity index (χ3n) is 3.61. The predicted molar refractivity (Wildman–Crippen MR) is 93.1 cm³/mol. The molecule has 0 unspecified atom stereocenters. The number of aromatic carboxylic acids is 1. The molecule has 130 valence electrons. The van der Waals surface area contributed by atoms with Crippen molar-refractivity contribution in [3.8, 4) is 17.6 Å². The molecule has 2 aromatic carbocycles. The number of carboxylic acids is 1. The Morgan fingerprint density at radius 3 is 2.62 bits per heavy atom. The van der Waals surface area contributed by atoms with Gasteiger partial charge in [-0.15, -0.1) is 0 Å². The first-order chi connectivity index (χ1) is 12.6. The molecule has 0 aliphatic carbocycles. The van der Waals surface area contributed by atoms with Crippen LogP contribution in [-0.2, 0) is 4.79 Å². The van der Waals surface area contributed by atoms with Gasteiger partial charge in [-0.3, -0.25) is 4.79 Å². The number of benzene rings is 2. The largest absolute Gasteiger partial charge is 0.486 e. The molecule has 1 heterocycles. The fraction of sp³-hybridized carbons (Fsp3) is 0.105. The molecule has 0 saturated heterocycles. The van der Waals surface area contributed by atoms with Crippen LogP contribution < -0.4 is 14.8 Å². The molecule has 1 aliphatic heterocycles. The van der Waals surface area contributed by atoms with Gasteiger partial charge in [0.25, 0.3) is 5.91 Å². The van der Waals surface area contributed by atoms with Crippen molar-refractivity contribution in [3.63, 3.8) is 0 Å². The summed E-state index contributed by atoms with van der Waals surface area (Å²) in [5.41, 5.74) is 0.818. The van der Waals surface area contributed by atoms with Crippen LogP contribution in [0.2, 0.25) is 0 Å². The second-order valence-corrected chi connectivity index (χ2v) is 5.41. The molecule has 7 nitrogen and oxygen atoms in total. The number of nitrogens with one attached hydrogen (secondary N) is 1. The van der Waals surface area contributed by atoms with Crippen molar-refractivity contribution in [1.82, 2.24) is 0 Å². The Morgan fingerprint density at radius 1 is 1.12 bits per heavy atom. The maximum atomic E-state index is 12.3. The zero-order valence-electron chi connectivity index (χ0n) is 13.6. The Hall–Kier alpha value is -3.79. The number of carboxylic acid groups (broad SMARTS) is 1. The zero-order chi connectivity index (χ0) is 18.5. The summed E-state index contributed by atoms with van der Waals surface area (Å²) in [5, 5.41) is 20.8. The van der Waals surface area contributed by atoms with Crippen LogP contribution in [0.1, 0.15) is 15.9 Å². The highest BCUT2D eigenvalue weighted by atomic mass is 16.6. The van der Waals surface area contributed by atoms with Gasteiger partial charge in [-0.1, -0.05) is 12.1 Å². The fourth-order valence-corrected chi connectivity index (χ4v) is 2.39. The van der Waals surface area contributed by atoms with Gasteiger partial charge in [0.15, 0.2) is 11.5 Å². The van der Waals surface area contributed by atoms with Crippen LogP contribution in [0.4, 0.5) is 5.69 Å². The molecule has 3 rings (SSSR count). The number of nitriles is 1. The number of hydrogen-bond donors (Lipinski definition) is 2. The second-order valence-electron chi connectivity index (χ2n) is 5.41. The molecule has 0 aromatic heterocycles. The molecule has 0 bridgehead atoms. The average molecular weight is 350 g/mol. The first-order valence-corrected chi connectivity index (χ1v) is 7.73. The lowest BCUT2D eigenvalue weighted by Gasteiger charge is -2.18. The van der Waals surface area contributed by atoms with Gasteiger partial charge < -0.3 is 19.9 Å². The lowest BCUT2D eigenvalue weighted by Crippen LogP contribution is -2.15. The Morgan fingerprint density at radius 2 is 1.88 bits per heavy atom. The van der Waals surface area contributed by atoms with E-state index in [1.165, 1.54) is 24.3 Å². The van der Waals surface area contributed by atoms with E-state index in [1.54, 1.807) is 24.3 Å². The van der Waals surface area contributed by atoms with Gasteiger partial charge in [0, 0.05) is 5.69 Å². The smallest absolute Gasteiger partial charge is 0.335 e. The molecule has 26 heavy (non-hydrogen) atoms. The summed E-state index contributed by atoms with van der Waals surface area (Å²) >= 11 is 0. The van der Waals surface area contributed by atoms with Crippen molar-refractivity contribution in [2.45, 2.75) is 0 Å². The number of anilines is 1. The SMILES string of the molecule is N#C/C(=C/c1ccc2c(c1)OCCO2)C(=O)Nc1cccc(C(=O)O)c1. The van der Waals surface area contributed by atoms with E-state index in [9.17, 15) is 14.9 Å². The molecule has 0 radical (unpaired) electrons. The minimum atomic E-state index is -1.10. The third kappa shape index (κ3) is 3.82. The molecule has 2 aromatic rings. The van der Waals surface area contributed by atoms with Gasteiger partial charge in [0.05, 0.1) is 5.56 Å². The van der Waals surface area contributed by atoms with Crippen LogP contribution in [0.15, 0.2) is 48.0 Å². The second kappa shape index (κ2) is 7.40. The number of nitrogens with zero attached hydrogens (tertiary/aromatic N) is 1. The maximum Gasteiger partial charge on any atom is 0.335 e. The highest BCUT2D eigenvalue weighted by Gasteiger charge is 2.14. The quantitative estimate of drug-likeness (QED) is 0.648. The lowest BCUT2D eigenvalue weighted by molar-refractivity contribution is -0.112. The Bertz CT molecular complexity index is 943. The number of carbonyl (C=O) groups is 2. The molecule has 0 fully saturated rings. The van der Waals surface area contributed by atoms with Gasteiger partial charge in [0.1, 0.15) is 24.9 Å². The van der Waals surface area contributed by atoms with Crippen molar-refractivity contribution in [2.75, 3.05) is 18.5 Å². The number of carbonyl (C=O) groups excluding carboxylic acids is 1. The average Bonchev–Trinajstić information content (AvgIpc) is 2.66. The molecular weight excluding hydrogens is 336 g/mol. The van der Waals surface area contributed by atoms with Crippen LogP contribution >= 0.6 is 0 Å². The van der Waals surface area contributed by atoms with E-state index >= 15 is 0 Å². The first kappa shape index (κ1) is 17.0. The van der Waals surface area contributed by atoms with Crippen molar-refractivity contribution in [1.29, 1.82) is 5.26 Å². The number of hydrogen-bond acceptors (Lipinski definition) is 5. The molecular formula is C19H14N2O5. The predicted octanol–water partition coefficient (Wildman–Crippen LogP) is 2.70. The zero-order valence-corrected chi connectivity index (χ0v) is 13.6. The highest BCUT2D eigenvalue weighted by Crippen LogP contribution is 2.31. The van der Waals surface area contributed by atoms with Crippen molar-refractivity contribution >= 4 is 23.6 Å². The molecule has 0 saturated carbocycles. The van der Waals surface area contributed by atoms with E-state index in [4.69, 9.17) is 14.6 Å². The van der Waals surface area contributed by atoms with E-state index in [2.05, 4.69) is 5.32 Å². The molecule has 0 atom stereocenters. The summed E-state index contributed by atoms with van der Waals surface area (Å²) in [4.78, 5) is 23.3. The molecule has 7 heteroatoms. The molecule has 1 amide bonds. The number of rotatable bonds is 4. The van der Waals surface area contributed by atoms with E-state index < -0.39 is 11.9 Å². The van der Waals surface area contributed by atoms with Crippen molar-refractivity contribution in [3.05, 3.63) is 59.2 Å². The monoisotopic (exact) mass is 350 g/mol. The highest BCUT2D eigenvalue weighted by molar-refractivity contribution is 6.10. The third-order valence-corrected chi connectivity index (χ3v) is 3.61. The van der Waals surface area contributed by atoms with Crippen LogP contribution in [-0.4, -0.2) is 30.2 Å². The minimum absolute atomic E-state index is 0.0390. The van der Waals surface area contributed by atoms with Crippen LogP contribution in [0.25, 0.3) is 6.08 Å². The van der Waals surface area contributed by atoms with Gasteiger partial charge >= 0.3 is 5.97 Å². The summed E-state index contributed by atoms with van der Waals surface area (Å²) < 4.78 is 10.9. The van der Waals surface area contributed by atoms with Crippen molar-refractivity contribution < 1.29 is 24.2 Å². The Balaban J connectivity index is 1.81. The topological polar surface area (TPSA) is 109 Å². The van der Waals surface area contributed by atoms with Crippen molar-refractivity contribution in [2.24, 2.45) is 0 Å². The minimum Gasteiger partial charge on any atom is -0.486 e. The number of amides is 1. The van der Waals surface area contributed by atoms with Gasteiger partial charge in [-0.2, -0.15) is 5.26 Å². The van der Waals surface area contributed by atoms with Crippen LogP contribution in [0.3, 0.4) is 0 Å². The Kier molecular flexibility index (Phi) is 4.85. The summed E-state index contributed by atoms with van der Waals surface area (Å²) in [6.07, 6.45) is 1.43. The summed E-state index contributed by atoms with van der Waals surface area (Å²) in [6.45, 7) is 0.912. The lowest BCUT2D eigenvalue weighted by atomic mass is 10.1. The van der Waals surface area contributed by atoms with E-state index in [0.29, 0.717) is 36.0 Å². The fourth-order valence-electron chi connectivity index (χ4n) is 2.39. The summed E-state index contributed by atoms with van der Waals surface area (Å²) in [5.74, 6) is -0.572. The molecule has 1 aliphatic rings. The molecule has 2 N–H and O–H groups in total. The summed E-state index contributed by atoms with van der Waals surface area (Å²) in [7, 11) is 0. The summed E-state index contributed by atoms with van der Waals surface area (Å²) in [6, 6.07) is 12.7. The van der Waals surface area contributed by atoms with Gasteiger partial charge in [-0.05, 0) is 42.0 Å². The van der Waals surface area contributed by atoms with E-state index in [0.717, 1.165) is 0 Å². The Labute approximate surface area is 149 Å². The van der Waals surface area contributed by atoms with E-state index in [-0.39, 0.29) is 11.1 Å². The normalized spacial score (nSPS) is 12.8. The first-order valence-electron chi connectivity index (χ1n) is 7.73. The number of fused-ring (bicyclic) bond motifs is 1. The maximum absolute atomic E-state index is 12.3. The standard InChI is InChI=1S/C19H14N2O5/c20-11-14(8-12-4-5-16-17(9-12)26-7-6-25-16)18(22)21-15-3-1-2-13(10-15)19(23)24/h1-5,8-10H,6-7H2,(H,21,22)(H,23,24)/b14-8-. The van der Waals surface area contributed by atoms with Gasteiger partial charge in [-0.25, -0.2) is 4.79 Å².